The van der Waals surface area contributed by atoms with E-state index >= 15 is 0 Å². The lowest BCUT2D eigenvalue weighted by atomic mass is 9.17. The van der Waals surface area contributed by atoms with E-state index in [0.717, 1.165) is 38.5 Å². The fraction of sp³-hybridized carbons (Fsp3) is 0.889. The molecule has 0 heterocycles. The third kappa shape index (κ3) is 28.7. The van der Waals surface area contributed by atoms with Crippen molar-refractivity contribution in [2.24, 2.45) is 11.8 Å². The molecule has 1 rings (SSSR count). The highest BCUT2D eigenvalue weighted by Crippen LogP contribution is 2.37. The Bertz CT molecular complexity index is 1090. The summed E-state index contributed by atoms with van der Waals surface area (Å²) in [6.45, 7) is 18.2. The van der Waals surface area contributed by atoms with Gasteiger partial charge >= 0.3 is 6.18 Å². The van der Waals surface area contributed by atoms with Crippen LogP contribution in [0.3, 0.4) is 0 Å². The monoisotopic (exact) mass is 890 g/mol. The van der Waals surface area contributed by atoms with Gasteiger partial charge in [-0.15, -0.1) is 0 Å². The minimum Gasteiger partial charge on any atom is -0.300 e. The van der Waals surface area contributed by atoms with Crippen molar-refractivity contribution in [1.82, 2.24) is 0 Å². The highest BCUT2D eigenvalue weighted by atomic mass is 19.4. The molecule has 0 aromatic heterocycles. The molecule has 3 atom stereocenters. The Morgan fingerprint density at radius 1 is 0.484 bits per heavy atom. The van der Waals surface area contributed by atoms with E-state index < -0.39 is 34.9 Å². The first-order chi connectivity index (χ1) is 29.8. The summed E-state index contributed by atoms with van der Waals surface area (Å²) in [4.78, 5) is 0.447. The molecule has 0 aliphatic heterocycles. The van der Waals surface area contributed by atoms with E-state index in [1.54, 1.807) is 25.3 Å². The van der Waals surface area contributed by atoms with Gasteiger partial charge in [0.05, 0.1) is 13.1 Å². The zero-order valence-corrected chi connectivity index (χ0v) is 42.2. The second-order valence-corrected chi connectivity index (χ2v) is 20.0. The Labute approximate surface area is 381 Å². The van der Waals surface area contributed by atoms with Gasteiger partial charge in [0.25, 0.3) is 0 Å². The third-order valence-corrected chi connectivity index (χ3v) is 14.3. The van der Waals surface area contributed by atoms with Gasteiger partial charge in [-0.3, -0.25) is 4.90 Å². The summed E-state index contributed by atoms with van der Waals surface area (Å²) in [6.07, 6.45) is 42.8. The van der Waals surface area contributed by atoms with Gasteiger partial charge < -0.3 is 0 Å². The minimum atomic E-state index is -5.29. The molecule has 0 aliphatic carbocycles. The Balaban J connectivity index is 0.00000121. The van der Waals surface area contributed by atoms with Crippen molar-refractivity contribution >= 4 is 11.8 Å². The first kappa shape index (κ1) is 60.8. The average Bonchev–Trinajstić information content (AvgIpc) is 3.23. The van der Waals surface area contributed by atoms with Crippen LogP contribution >= 0.6 is 0 Å². The first-order valence-electron chi connectivity index (χ1n) is 27.1. The predicted molar refractivity (Wildman–Crippen MR) is 262 cm³/mol. The number of quaternary nitrogens is 1. The number of halogens is 6. The fourth-order valence-corrected chi connectivity index (χ4v) is 10.2. The summed E-state index contributed by atoms with van der Waals surface area (Å²) in [5.74, 6) is -5.03. The van der Waals surface area contributed by atoms with E-state index in [2.05, 4.69) is 41.5 Å². The van der Waals surface area contributed by atoms with E-state index in [1.165, 1.54) is 154 Å². The summed E-state index contributed by atoms with van der Waals surface area (Å²) in [7, 11) is 0. The van der Waals surface area contributed by atoms with Crippen LogP contribution in [-0.4, -0.2) is 19.2 Å². The normalized spacial score (nSPS) is 13.6. The van der Waals surface area contributed by atoms with Gasteiger partial charge in [0.1, 0.15) is 5.56 Å². The number of alkyl halides is 3. The van der Waals surface area contributed by atoms with Gasteiger partial charge in [-0.2, -0.15) is 42.8 Å². The highest BCUT2D eigenvalue weighted by Gasteiger charge is 2.42. The summed E-state index contributed by atoms with van der Waals surface area (Å²) < 4.78 is 82.0. The van der Waals surface area contributed by atoms with Gasteiger partial charge in [-0.05, 0) is 18.8 Å². The average molecular weight is 890 g/mol. The van der Waals surface area contributed by atoms with Crippen LogP contribution < -0.4 is 4.90 Å². The molecule has 1 nitrogen and oxygen atoms in total. The molecule has 0 radical (unpaired) electrons. The summed E-state index contributed by atoms with van der Waals surface area (Å²) in [5.41, 5.74) is -2.56. The van der Waals surface area contributed by atoms with Crippen LogP contribution in [0, 0.1) is 29.3 Å². The highest BCUT2D eigenvalue weighted by molar-refractivity contribution is 6.79. The van der Waals surface area contributed by atoms with Gasteiger partial charge in [0, 0.05) is 18.1 Å². The smallest absolute Gasteiger partial charge is 0.300 e. The molecule has 1 aromatic carbocycles. The van der Waals surface area contributed by atoms with Crippen molar-refractivity contribution in [1.29, 1.82) is 0 Å². The maximum atomic E-state index is 14.8. The lowest BCUT2D eigenvalue weighted by Gasteiger charge is -2.41. The molecule has 8 heteroatoms. The standard InChI is InChI=1S/C32H68B.C22H33F6N/c1-5-9-13-17-21-25-29-33(30-26-22-18-14-10-6-2,31-27-23-19-15-11-7-3)32-28-24-20-16-12-8-4;1-5-8-10-16(7-3)11-12-29(14-15(4)9-6-2)18-13-17(23)20(24)19(21(18)25)22(26,27)28/h5-32H2,1-4H3;13,15-16H,5-12,14H2,1-4H3/q-1;/p+1. The molecule has 62 heavy (non-hydrogen) atoms. The molecule has 1 N–H and O–H groups in total. The van der Waals surface area contributed by atoms with E-state index in [4.69, 9.17) is 0 Å². The van der Waals surface area contributed by atoms with Crippen LogP contribution in [0.25, 0.3) is 0 Å². The number of rotatable bonds is 40. The van der Waals surface area contributed by atoms with Gasteiger partial charge in [-0.25, -0.2) is 8.78 Å². The van der Waals surface area contributed by atoms with Crippen molar-refractivity contribution in [2.45, 2.75) is 286 Å². The number of benzene rings is 1. The zero-order chi connectivity index (χ0) is 46.5. The van der Waals surface area contributed by atoms with Crippen molar-refractivity contribution in [2.75, 3.05) is 13.1 Å². The lowest BCUT2D eigenvalue weighted by Crippen LogP contribution is -3.08. The lowest BCUT2D eigenvalue weighted by molar-refractivity contribution is -0.838. The van der Waals surface area contributed by atoms with E-state index in [1.807, 2.05) is 13.8 Å². The summed E-state index contributed by atoms with van der Waals surface area (Å²) >= 11 is 0. The second kappa shape index (κ2) is 39.0. The SMILES string of the molecule is CCCCC(CC)CC[NH+](CC(C)CCC)c1cc(F)c(F)c(C(F)(F)F)c1F.CCCCCCCC[B-](CCCCCCCC)(CCCCCCCC)CCCCCCCC. The van der Waals surface area contributed by atoms with Crippen molar-refractivity contribution in [3.8, 4) is 0 Å². The number of hydrogen-bond acceptors (Lipinski definition) is 0. The number of nitrogens with one attached hydrogen (secondary N) is 1. The molecule has 368 valence electrons. The van der Waals surface area contributed by atoms with E-state index in [0.29, 0.717) is 36.4 Å². The Kier molecular flexibility index (Phi) is 38.3. The van der Waals surface area contributed by atoms with Crippen LogP contribution in [0.1, 0.15) is 260 Å². The first-order valence-corrected chi connectivity index (χ1v) is 27.1. The Morgan fingerprint density at radius 2 is 0.871 bits per heavy atom. The van der Waals surface area contributed by atoms with Crippen LogP contribution in [0.15, 0.2) is 6.07 Å². The third-order valence-electron chi connectivity index (χ3n) is 14.3. The van der Waals surface area contributed by atoms with Gasteiger partial charge in [0.2, 0.25) is 0 Å². The van der Waals surface area contributed by atoms with Crippen molar-refractivity contribution < 1.29 is 31.2 Å². The summed E-state index contributed by atoms with van der Waals surface area (Å²) in [6, 6.07) is 0.598. The quantitative estimate of drug-likeness (QED) is 0.0290. The van der Waals surface area contributed by atoms with Crippen molar-refractivity contribution in [3.63, 3.8) is 0 Å². The Morgan fingerprint density at radius 3 is 1.23 bits per heavy atom. The number of unbranched alkanes of at least 4 members (excludes halogenated alkanes) is 21. The fourth-order valence-electron chi connectivity index (χ4n) is 10.2. The molecule has 0 saturated carbocycles. The molecular weight excluding hydrogens is 787 g/mol. The van der Waals surface area contributed by atoms with E-state index in [-0.39, 0.29) is 12.1 Å². The van der Waals surface area contributed by atoms with Gasteiger partial charge in [-0.1, -0.05) is 242 Å². The maximum Gasteiger partial charge on any atom is 0.422 e. The molecule has 3 unspecified atom stereocenters. The second-order valence-electron chi connectivity index (χ2n) is 20.0. The molecule has 0 saturated heterocycles. The topological polar surface area (TPSA) is 4.44 Å². The molecule has 0 amide bonds. The molecule has 0 fully saturated rings. The van der Waals surface area contributed by atoms with Crippen LogP contribution in [0.5, 0.6) is 0 Å². The van der Waals surface area contributed by atoms with Crippen molar-refractivity contribution in [3.05, 3.63) is 29.1 Å². The van der Waals surface area contributed by atoms with Crippen LogP contribution in [0.4, 0.5) is 32.0 Å². The summed E-state index contributed by atoms with van der Waals surface area (Å²) in [5, 5.41) is 0. The molecule has 0 spiro atoms. The predicted octanol–water partition coefficient (Wildman–Crippen LogP) is 19.6. The Hall–Kier alpha value is -1.18. The molecule has 0 bridgehead atoms. The number of hydrogen-bond donors (Lipinski definition) is 1. The van der Waals surface area contributed by atoms with Gasteiger partial charge in [0.15, 0.2) is 23.1 Å². The largest absolute Gasteiger partial charge is 0.422 e. The molecule has 0 aliphatic rings. The maximum absolute atomic E-state index is 14.8. The molecular formula is C54H102BF6N. The zero-order valence-electron chi connectivity index (χ0n) is 42.2. The minimum absolute atomic E-state index is 0.104. The van der Waals surface area contributed by atoms with Crippen LogP contribution in [0.2, 0.25) is 25.3 Å². The molecule has 1 aromatic rings. The van der Waals surface area contributed by atoms with Crippen LogP contribution in [-0.2, 0) is 6.18 Å². The van der Waals surface area contributed by atoms with E-state index in [9.17, 15) is 26.3 Å².